The van der Waals surface area contributed by atoms with Gasteiger partial charge in [0.05, 0.1) is 25.1 Å². The number of ether oxygens (including phenoxy) is 1. The van der Waals surface area contributed by atoms with Crippen LogP contribution in [-0.4, -0.2) is 33.1 Å². The maximum Gasteiger partial charge on any atom is 0.261 e. The number of carbonyl (C=O) groups is 1. The van der Waals surface area contributed by atoms with Crippen molar-refractivity contribution in [1.29, 1.82) is 0 Å². The van der Waals surface area contributed by atoms with E-state index in [-0.39, 0.29) is 11.4 Å². The number of pyridine rings is 1. The summed E-state index contributed by atoms with van der Waals surface area (Å²) >= 11 is 0. The van der Waals surface area contributed by atoms with E-state index in [1.54, 1.807) is 6.20 Å². The number of carbonyl (C=O) groups excluding carboxylic acids is 1. The van der Waals surface area contributed by atoms with E-state index in [0.717, 1.165) is 11.1 Å². The molecular weight excluding hydrogens is 334 g/mol. The van der Waals surface area contributed by atoms with Crippen molar-refractivity contribution in [3.8, 4) is 17.0 Å². The predicted molar refractivity (Wildman–Crippen MR) is 93.8 cm³/mol. The molecule has 0 aliphatic heterocycles. The molecular formula is C18H13N5O3. The quantitative estimate of drug-likeness (QED) is 0.605. The largest absolute Gasteiger partial charge is 0.479 e. The van der Waals surface area contributed by atoms with Crippen molar-refractivity contribution >= 4 is 22.8 Å². The maximum atomic E-state index is 12.1. The van der Waals surface area contributed by atoms with E-state index in [9.17, 15) is 4.79 Å². The second kappa shape index (κ2) is 6.60. The van der Waals surface area contributed by atoms with Crippen molar-refractivity contribution in [3.05, 3.63) is 60.7 Å². The van der Waals surface area contributed by atoms with E-state index in [4.69, 9.17) is 4.74 Å². The summed E-state index contributed by atoms with van der Waals surface area (Å²) in [5.74, 6) is 0.202. The van der Waals surface area contributed by atoms with Crippen molar-refractivity contribution in [2.24, 2.45) is 0 Å². The Morgan fingerprint density at radius 1 is 1.08 bits per heavy atom. The van der Waals surface area contributed by atoms with Gasteiger partial charge in [0.25, 0.3) is 5.91 Å². The van der Waals surface area contributed by atoms with E-state index >= 15 is 0 Å². The minimum atomic E-state index is -0.397. The molecule has 4 rings (SSSR count). The fraction of sp³-hybridized carbons (Fsp3) is 0.0556. The molecule has 0 aliphatic carbocycles. The van der Waals surface area contributed by atoms with Gasteiger partial charge in [-0.1, -0.05) is 35.5 Å². The zero-order valence-corrected chi connectivity index (χ0v) is 13.7. The number of rotatable bonds is 4. The molecule has 1 N–H and O–H groups in total. The third-order valence-corrected chi connectivity index (χ3v) is 3.76. The van der Waals surface area contributed by atoms with Crippen molar-refractivity contribution in [1.82, 2.24) is 20.1 Å². The average molecular weight is 347 g/mol. The topological polar surface area (TPSA) is 103 Å². The van der Waals surface area contributed by atoms with E-state index in [1.165, 1.54) is 25.8 Å². The molecule has 1 amide bonds. The summed E-state index contributed by atoms with van der Waals surface area (Å²) in [6.07, 6.45) is 5.75. The Morgan fingerprint density at radius 3 is 2.65 bits per heavy atom. The maximum absolute atomic E-state index is 12.1. The highest BCUT2D eigenvalue weighted by molar-refractivity contribution is 6.04. The van der Waals surface area contributed by atoms with Crippen LogP contribution in [0.15, 0.2) is 59.7 Å². The van der Waals surface area contributed by atoms with Crippen LogP contribution in [-0.2, 0) is 0 Å². The summed E-state index contributed by atoms with van der Waals surface area (Å²) in [4.78, 5) is 25.4. The first-order chi connectivity index (χ1) is 12.8. The molecule has 0 bridgehead atoms. The highest BCUT2D eigenvalue weighted by Gasteiger charge is 2.15. The molecule has 4 aromatic rings. The minimum absolute atomic E-state index is 0.272. The van der Waals surface area contributed by atoms with Gasteiger partial charge in [-0.05, 0) is 5.56 Å². The number of nitrogens with zero attached hydrogens (tertiary/aromatic N) is 4. The highest BCUT2D eigenvalue weighted by atomic mass is 16.5. The number of amides is 1. The van der Waals surface area contributed by atoms with Crippen LogP contribution in [0.1, 0.15) is 10.4 Å². The van der Waals surface area contributed by atoms with Gasteiger partial charge in [0.2, 0.25) is 5.88 Å². The van der Waals surface area contributed by atoms with Crippen LogP contribution >= 0.6 is 0 Å². The molecule has 3 heterocycles. The van der Waals surface area contributed by atoms with Crippen LogP contribution < -0.4 is 10.1 Å². The van der Waals surface area contributed by atoms with Crippen molar-refractivity contribution in [3.63, 3.8) is 0 Å². The van der Waals surface area contributed by atoms with Crippen molar-refractivity contribution in [2.75, 3.05) is 12.4 Å². The molecule has 0 radical (unpaired) electrons. The third kappa shape index (κ3) is 2.84. The Labute approximate surface area is 147 Å². The second-order valence-electron chi connectivity index (χ2n) is 5.37. The summed E-state index contributed by atoms with van der Waals surface area (Å²) in [5.41, 5.74) is 3.16. The van der Waals surface area contributed by atoms with Crippen molar-refractivity contribution in [2.45, 2.75) is 0 Å². The van der Waals surface area contributed by atoms with Crippen LogP contribution in [0.4, 0.5) is 5.82 Å². The Bertz CT molecular complexity index is 1070. The SMILES string of the molecule is COc1ncc(-c2ccccc2)c2ncc(NC(=O)c3cnoc3)nc12. The standard InChI is InChI=1S/C18H13N5O3/c1-25-18-16-15(13(8-20-18)11-5-3-2-4-6-11)19-9-14(22-16)23-17(24)12-7-21-26-10-12/h2-10H,1H3,(H,22,23,24). The summed E-state index contributed by atoms with van der Waals surface area (Å²) in [6, 6.07) is 9.74. The minimum Gasteiger partial charge on any atom is -0.479 e. The van der Waals surface area contributed by atoms with Gasteiger partial charge in [0.1, 0.15) is 11.8 Å². The lowest BCUT2D eigenvalue weighted by Gasteiger charge is -2.10. The predicted octanol–water partition coefficient (Wildman–Crippen LogP) is 2.94. The highest BCUT2D eigenvalue weighted by Crippen LogP contribution is 2.30. The summed E-state index contributed by atoms with van der Waals surface area (Å²) in [7, 11) is 1.51. The van der Waals surface area contributed by atoms with Gasteiger partial charge >= 0.3 is 0 Å². The van der Waals surface area contributed by atoms with E-state index in [1.807, 2.05) is 30.3 Å². The van der Waals surface area contributed by atoms with Crippen LogP contribution in [0.3, 0.4) is 0 Å². The second-order valence-corrected chi connectivity index (χ2v) is 5.37. The van der Waals surface area contributed by atoms with Gasteiger partial charge in [-0.2, -0.15) is 0 Å². The number of anilines is 1. The molecule has 0 atom stereocenters. The van der Waals surface area contributed by atoms with Gasteiger partial charge in [-0.25, -0.2) is 15.0 Å². The Balaban J connectivity index is 1.78. The number of hydrogen-bond donors (Lipinski definition) is 1. The molecule has 3 aromatic heterocycles. The molecule has 0 spiro atoms. The summed E-state index contributed by atoms with van der Waals surface area (Å²) < 4.78 is 9.97. The number of aromatic nitrogens is 4. The average Bonchev–Trinajstić information content (AvgIpc) is 3.23. The first-order valence-corrected chi connectivity index (χ1v) is 7.72. The molecule has 0 saturated carbocycles. The van der Waals surface area contributed by atoms with Gasteiger partial charge in [0, 0.05) is 11.8 Å². The number of fused-ring (bicyclic) bond motifs is 1. The van der Waals surface area contributed by atoms with E-state index < -0.39 is 5.91 Å². The van der Waals surface area contributed by atoms with Crippen LogP contribution in [0.5, 0.6) is 5.88 Å². The lowest BCUT2D eigenvalue weighted by Crippen LogP contribution is -2.12. The zero-order chi connectivity index (χ0) is 17.9. The van der Waals surface area contributed by atoms with Gasteiger partial charge in [-0.15, -0.1) is 0 Å². The monoisotopic (exact) mass is 347 g/mol. The lowest BCUT2D eigenvalue weighted by molar-refractivity contribution is 0.102. The Kier molecular flexibility index (Phi) is 3.98. The number of benzene rings is 1. The molecule has 1 aromatic carbocycles. The molecule has 26 heavy (non-hydrogen) atoms. The van der Waals surface area contributed by atoms with Gasteiger partial charge < -0.3 is 14.6 Å². The molecule has 128 valence electrons. The van der Waals surface area contributed by atoms with Crippen LogP contribution in [0.25, 0.3) is 22.2 Å². The zero-order valence-electron chi connectivity index (χ0n) is 13.7. The van der Waals surface area contributed by atoms with Crippen LogP contribution in [0.2, 0.25) is 0 Å². The van der Waals surface area contributed by atoms with Crippen molar-refractivity contribution < 1.29 is 14.1 Å². The van der Waals surface area contributed by atoms with E-state index in [0.29, 0.717) is 16.9 Å². The fourth-order valence-electron chi connectivity index (χ4n) is 2.52. The van der Waals surface area contributed by atoms with Crippen LogP contribution in [0, 0.1) is 0 Å². The van der Waals surface area contributed by atoms with E-state index in [2.05, 4.69) is 29.9 Å². The first kappa shape index (κ1) is 15.7. The summed E-state index contributed by atoms with van der Waals surface area (Å²) in [5, 5.41) is 6.16. The normalized spacial score (nSPS) is 10.7. The number of hydrogen-bond acceptors (Lipinski definition) is 7. The lowest BCUT2D eigenvalue weighted by atomic mass is 10.1. The molecule has 0 aliphatic rings. The molecule has 0 fully saturated rings. The number of nitrogens with one attached hydrogen (secondary N) is 1. The molecule has 0 unspecified atom stereocenters. The smallest absolute Gasteiger partial charge is 0.261 e. The summed E-state index contributed by atoms with van der Waals surface area (Å²) in [6.45, 7) is 0. The first-order valence-electron chi connectivity index (χ1n) is 7.72. The van der Waals surface area contributed by atoms with Gasteiger partial charge in [-0.3, -0.25) is 4.79 Å². The Hall–Kier alpha value is -3.81. The number of methoxy groups -OCH3 is 1. The fourth-order valence-corrected chi connectivity index (χ4v) is 2.52. The molecule has 8 nitrogen and oxygen atoms in total. The molecule has 8 heteroatoms. The van der Waals surface area contributed by atoms with Gasteiger partial charge in [0.15, 0.2) is 11.3 Å². The Morgan fingerprint density at radius 2 is 1.92 bits per heavy atom. The third-order valence-electron chi connectivity index (χ3n) is 3.76. The molecule has 0 saturated heterocycles.